The lowest BCUT2D eigenvalue weighted by molar-refractivity contribution is 0.185. The number of rotatable bonds is 6. The van der Waals surface area contributed by atoms with Crippen LogP contribution in [0.15, 0.2) is 59.5 Å². The fourth-order valence-electron chi connectivity index (χ4n) is 2.16. The molecule has 2 rings (SSSR count). The molecule has 0 radical (unpaired) electrons. The largest absolute Gasteiger partial charge is 0.427 e. The van der Waals surface area contributed by atoms with Gasteiger partial charge in [0, 0.05) is 14.1 Å². The highest BCUT2D eigenvalue weighted by atomic mass is 32.3. The molecule has 0 saturated heterocycles. The van der Waals surface area contributed by atoms with E-state index in [1.165, 1.54) is 19.2 Å². The molecule has 1 atom stereocenters. The van der Waals surface area contributed by atoms with Crippen molar-refractivity contribution in [1.82, 2.24) is 8.02 Å². The lowest BCUT2D eigenvalue weighted by Gasteiger charge is -2.22. The summed E-state index contributed by atoms with van der Waals surface area (Å²) in [5.41, 5.74) is 0.979. The lowest BCUT2D eigenvalue weighted by Crippen LogP contribution is -2.41. The molecule has 0 saturated carbocycles. The maximum atomic E-state index is 12.6. The lowest BCUT2D eigenvalue weighted by atomic mass is 10.0. The third kappa shape index (κ3) is 4.94. The summed E-state index contributed by atoms with van der Waals surface area (Å²) in [6, 6.07) is 14.5. The minimum absolute atomic E-state index is 0.0211. The maximum Gasteiger partial charge on any atom is 0.427 e. The highest BCUT2D eigenvalue weighted by molar-refractivity contribution is 8.00. The van der Waals surface area contributed by atoms with Gasteiger partial charge in [-0.3, -0.25) is 0 Å². The first-order chi connectivity index (χ1) is 12.6. The summed E-state index contributed by atoms with van der Waals surface area (Å²) in [5.74, 6) is 0.543. The number of amides is 1. The second-order valence-corrected chi connectivity index (χ2v) is 9.81. The van der Waals surface area contributed by atoms with E-state index in [0.717, 1.165) is 16.9 Å². The summed E-state index contributed by atoms with van der Waals surface area (Å²) in [5, 5.41) is 0. The van der Waals surface area contributed by atoms with Crippen LogP contribution in [0.2, 0.25) is 0 Å². The molecule has 0 heterocycles. The Balaban J connectivity index is 2.14. The number of nitrogens with zero attached hydrogens (tertiary/aromatic N) is 2. The molecule has 0 aliphatic carbocycles. The molecule has 0 N–H and O–H groups in total. The third-order valence-corrected chi connectivity index (χ3v) is 7.39. The van der Waals surface area contributed by atoms with Crippen molar-refractivity contribution in [3.8, 4) is 5.75 Å². The Morgan fingerprint density at radius 1 is 1.04 bits per heavy atom. The van der Waals surface area contributed by atoms with Crippen LogP contribution in [0.25, 0.3) is 0 Å². The second kappa shape index (κ2) is 8.64. The standard InChI is InChI=1S/C18H22N2O5S2/c1-14(2)15-9-8-10-16(13-15)25-18(21)19(3)26(22)20(4)27(23,24)17-11-6-5-7-12-17/h5-14H,1-4H3. The van der Waals surface area contributed by atoms with E-state index in [1.54, 1.807) is 36.4 Å². The Kier molecular flexibility index (Phi) is 6.74. The topological polar surface area (TPSA) is 84.0 Å². The monoisotopic (exact) mass is 410 g/mol. The molecule has 0 aliphatic heterocycles. The highest BCUT2D eigenvalue weighted by Crippen LogP contribution is 2.21. The smallest absolute Gasteiger partial charge is 0.410 e. The summed E-state index contributed by atoms with van der Waals surface area (Å²) in [6.07, 6.45) is -0.927. The van der Waals surface area contributed by atoms with Gasteiger partial charge in [0.05, 0.1) is 4.90 Å². The predicted octanol–water partition coefficient (Wildman–Crippen LogP) is 3.14. The third-order valence-electron chi connectivity index (χ3n) is 3.82. The quantitative estimate of drug-likeness (QED) is 0.730. The minimum atomic E-state index is -4.02. The van der Waals surface area contributed by atoms with E-state index in [9.17, 15) is 17.4 Å². The van der Waals surface area contributed by atoms with Crippen molar-refractivity contribution in [2.75, 3.05) is 14.1 Å². The van der Waals surface area contributed by atoms with Crippen LogP contribution in [0, 0.1) is 0 Å². The van der Waals surface area contributed by atoms with Crippen molar-refractivity contribution in [1.29, 1.82) is 0 Å². The number of carbonyl (C=O) groups is 1. The van der Waals surface area contributed by atoms with E-state index >= 15 is 0 Å². The summed E-state index contributed by atoms with van der Waals surface area (Å²) in [7, 11) is -1.67. The first-order valence-corrected chi connectivity index (χ1v) is 10.7. The molecule has 146 valence electrons. The molecule has 2 aromatic carbocycles. The van der Waals surface area contributed by atoms with Gasteiger partial charge in [-0.1, -0.05) is 47.9 Å². The normalized spacial score (nSPS) is 12.8. The first-order valence-electron chi connectivity index (χ1n) is 8.16. The summed E-state index contributed by atoms with van der Waals surface area (Å²) in [4.78, 5) is 12.3. The Bertz CT molecular complexity index is 930. The number of hydrogen-bond donors (Lipinski definition) is 0. The van der Waals surface area contributed by atoms with Crippen LogP contribution in [-0.4, -0.2) is 40.8 Å². The van der Waals surface area contributed by atoms with Crippen molar-refractivity contribution in [3.05, 3.63) is 60.2 Å². The van der Waals surface area contributed by atoms with Crippen molar-refractivity contribution in [3.63, 3.8) is 0 Å². The van der Waals surface area contributed by atoms with Crippen molar-refractivity contribution in [2.24, 2.45) is 0 Å². The Morgan fingerprint density at radius 3 is 2.26 bits per heavy atom. The van der Waals surface area contributed by atoms with E-state index in [2.05, 4.69) is 0 Å². The zero-order valence-corrected chi connectivity index (χ0v) is 17.2. The van der Waals surface area contributed by atoms with Gasteiger partial charge in [0.2, 0.25) is 11.2 Å². The van der Waals surface area contributed by atoms with Crippen LogP contribution in [0.3, 0.4) is 0 Å². The molecule has 0 spiro atoms. The van der Waals surface area contributed by atoms with Crippen LogP contribution in [0.4, 0.5) is 4.79 Å². The number of sulfonamides is 1. The molecule has 0 aliphatic rings. The molecule has 0 bridgehead atoms. The van der Waals surface area contributed by atoms with Crippen LogP contribution in [-0.2, 0) is 21.2 Å². The second-order valence-electron chi connectivity index (χ2n) is 6.05. The molecule has 1 unspecified atom stereocenters. The number of hydrogen-bond acceptors (Lipinski definition) is 5. The predicted molar refractivity (Wildman–Crippen MR) is 104 cm³/mol. The van der Waals surface area contributed by atoms with Gasteiger partial charge in [-0.05, 0) is 35.7 Å². The molecular formula is C18H22N2O5S2. The van der Waals surface area contributed by atoms with Crippen LogP contribution in [0.5, 0.6) is 5.75 Å². The Labute approximate surface area is 162 Å². The van der Waals surface area contributed by atoms with Gasteiger partial charge in [-0.2, -0.15) is 0 Å². The minimum Gasteiger partial charge on any atom is -0.410 e. The van der Waals surface area contributed by atoms with E-state index < -0.39 is 27.3 Å². The summed E-state index contributed by atoms with van der Waals surface area (Å²) < 4.78 is 44.2. The van der Waals surface area contributed by atoms with Gasteiger partial charge in [-0.25, -0.2) is 21.7 Å². The number of benzene rings is 2. The zero-order valence-electron chi connectivity index (χ0n) is 15.5. The van der Waals surface area contributed by atoms with E-state index in [0.29, 0.717) is 9.46 Å². The summed E-state index contributed by atoms with van der Waals surface area (Å²) in [6.45, 7) is 4.01. The molecule has 27 heavy (non-hydrogen) atoms. The van der Waals surface area contributed by atoms with Gasteiger partial charge in [-0.15, -0.1) is 0 Å². The average Bonchev–Trinajstić information content (AvgIpc) is 2.67. The van der Waals surface area contributed by atoms with Crippen LogP contribution < -0.4 is 4.74 Å². The van der Waals surface area contributed by atoms with Gasteiger partial charge < -0.3 is 4.74 Å². The van der Waals surface area contributed by atoms with Gasteiger partial charge in [0.25, 0.3) is 10.0 Å². The van der Waals surface area contributed by atoms with Crippen molar-refractivity contribution >= 4 is 27.3 Å². The Hall–Kier alpha value is -2.23. The number of carbonyl (C=O) groups excluding carboxylic acids is 1. The van der Waals surface area contributed by atoms with Gasteiger partial charge >= 0.3 is 6.09 Å². The van der Waals surface area contributed by atoms with Gasteiger partial charge in [0.15, 0.2) is 0 Å². The SMILES string of the molecule is CC(C)c1cccc(OC(=O)N(C)S(=O)N(C)S(=O)(=O)c2ccccc2)c1. The molecule has 1 amide bonds. The molecule has 0 aromatic heterocycles. The zero-order chi connectivity index (χ0) is 20.2. The maximum absolute atomic E-state index is 12.6. The first kappa shape index (κ1) is 21.1. The molecular weight excluding hydrogens is 388 g/mol. The van der Waals surface area contributed by atoms with E-state index in [-0.39, 0.29) is 10.8 Å². The molecule has 0 fully saturated rings. The average molecular weight is 411 g/mol. The van der Waals surface area contributed by atoms with E-state index in [1.807, 2.05) is 19.9 Å². The summed E-state index contributed by atoms with van der Waals surface area (Å²) >= 11 is -2.29. The van der Waals surface area contributed by atoms with Crippen LogP contribution in [0.1, 0.15) is 25.3 Å². The molecule has 2 aromatic rings. The van der Waals surface area contributed by atoms with Crippen LogP contribution >= 0.6 is 0 Å². The number of ether oxygens (including phenoxy) is 1. The van der Waals surface area contributed by atoms with Crippen molar-refractivity contribution in [2.45, 2.75) is 24.7 Å². The molecule has 7 nitrogen and oxygen atoms in total. The van der Waals surface area contributed by atoms with Crippen molar-refractivity contribution < 1.29 is 22.2 Å². The van der Waals surface area contributed by atoms with E-state index in [4.69, 9.17) is 4.74 Å². The fourth-order valence-corrected chi connectivity index (χ4v) is 4.70. The molecule has 9 heteroatoms. The van der Waals surface area contributed by atoms with Gasteiger partial charge in [0.1, 0.15) is 5.75 Å². The Morgan fingerprint density at radius 2 is 1.67 bits per heavy atom. The highest BCUT2D eigenvalue weighted by Gasteiger charge is 2.31. The fraction of sp³-hybridized carbons (Fsp3) is 0.278.